The van der Waals surface area contributed by atoms with Gasteiger partial charge in [0.1, 0.15) is 5.82 Å². The predicted octanol–water partition coefficient (Wildman–Crippen LogP) is 3.51. The van der Waals surface area contributed by atoms with Crippen molar-refractivity contribution in [3.8, 4) is 0 Å². The summed E-state index contributed by atoms with van der Waals surface area (Å²) in [5.74, 6) is 0.624. The number of para-hydroxylation sites is 1. The number of benzene rings is 2. The molecule has 0 radical (unpaired) electrons. The Morgan fingerprint density at radius 1 is 1.18 bits per heavy atom. The van der Waals surface area contributed by atoms with Gasteiger partial charge in [0, 0.05) is 24.2 Å². The molecule has 2 heterocycles. The molecule has 1 aliphatic rings. The quantitative estimate of drug-likeness (QED) is 0.615. The van der Waals surface area contributed by atoms with Crippen LogP contribution in [0.4, 0.5) is 17.2 Å². The van der Waals surface area contributed by atoms with Crippen LogP contribution in [0.3, 0.4) is 0 Å². The van der Waals surface area contributed by atoms with E-state index in [1.807, 2.05) is 48.5 Å². The zero-order chi connectivity index (χ0) is 19.5. The maximum absolute atomic E-state index is 12.4. The Morgan fingerprint density at radius 2 is 2.00 bits per heavy atom. The van der Waals surface area contributed by atoms with Gasteiger partial charge in [-0.1, -0.05) is 29.8 Å². The maximum atomic E-state index is 12.4. The Kier molecular flexibility index (Phi) is 5.32. The maximum Gasteiger partial charge on any atom is 0.243 e. The highest BCUT2D eigenvalue weighted by atomic mass is 35.5. The SMILES string of the molecule is O=C(CNc1ccccc1)Nc1c(Cl)ccc2nc(N3CC[C@@H](O)C3)ccc12. The van der Waals surface area contributed by atoms with Gasteiger partial charge in [0.15, 0.2) is 0 Å². The Hall–Kier alpha value is -2.83. The number of carbonyl (C=O) groups is 1. The number of rotatable bonds is 5. The van der Waals surface area contributed by atoms with Crippen molar-refractivity contribution in [3.05, 3.63) is 59.6 Å². The molecule has 1 aliphatic heterocycles. The first-order chi connectivity index (χ1) is 13.6. The summed E-state index contributed by atoms with van der Waals surface area (Å²) in [5.41, 5.74) is 2.18. The number of carbonyl (C=O) groups excluding carboxylic acids is 1. The van der Waals surface area contributed by atoms with Crippen molar-refractivity contribution in [3.63, 3.8) is 0 Å². The highest BCUT2D eigenvalue weighted by Gasteiger charge is 2.22. The molecule has 1 atom stereocenters. The van der Waals surface area contributed by atoms with Crippen molar-refractivity contribution in [2.45, 2.75) is 12.5 Å². The van der Waals surface area contributed by atoms with E-state index in [0.29, 0.717) is 17.3 Å². The third-order valence-corrected chi connectivity index (χ3v) is 5.10. The molecule has 144 valence electrons. The lowest BCUT2D eigenvalue weighted by Crippen LogP contribution is -2.23. The molecule has 0 saturated carbocycles. The fourth-order valence-corrected chi connectivity index (χ4v) is 3.55. The first kappa shape index (κ1) is 18.5. The van der Waals surface area contributed by atoms with Crippen LogP contribution in [0.25, 0.3) is 10.9 Å². The van der Waals surface area contributed by atoms with E-state index >= 15 is 0 Å². The Morgan fingerprint density at radius 3 is 2.75 bits per heavy atom. The number of pyridine rings is 1. The predicted molar refractivity (Wildman–Crippen MR) is 113 cm³/mol. The summed E-state index contributed by atoms with van der Waals surface area (Å²) < 4.78 is 0. The van der Waals surface area contributed by atoms with Crippen LogP contribution in [-0.2, 0) is 4.79 Å². The number of halogens is 1. The number of aliphatic hydroxyl groups excluding tert-OH is 1. The third-order valence-electron chi connectivity index (χ3n) is 4.78. The number of aliphatic hydroxyl groups is 1. The highest BCUT2D eigenvalue weighted by Crippen LogP contribution is 2.32. The molecule has 7 heteroatoms. The van der Waals surface area contributed by atoms with E-state index < -0.39 is 0 Å². The lowest BCUT2D eigenvalue weighted by atomic mass is 10.1. The van der Waals surface area contributed by atoms with Gasteiger partial charge < -0.3 is 20.6 Å². The summed E-state index contributed by atoms with van der Waals surface area (Å²) in [6.07, 6.45) is 0.436. The van der Waals surface area contributed by atoms with Crippen molar-refractivity contribution in [2.24, 2.45) is 0 Å². The fraction of sp³-hybridized carbons (Fsp3) is 0.238. The second-order valence-electron chi connectivity index (χ2n) is 6.81. The van der Waals surface area contributed by atoms with Crippen LogP contribution in [0.1, 0.15) is 6.42 Å². The molecule has 28 heavy (non-hydrogen) atoms. The van der Waals surface area contributed by atoms with Gasteiger partial charge in [0.2, 0.25) is 5.91 Å². The van der Waals surface area contributed by atoms with Crippen LogP contribution in [-0.4, -0.2) is 41.7 Å². The number of nitrogens with one attached hydrogen (secondary N) is 2. The van der Waals surface area contributed by atoms with Gasteiger partial charge in [-0.3, -0.25) is 4.79 Å². The average molecular weight is 397 g/mol. The van der Waals surface area contributed by atoms with E-state index in [4.69, 9.17) is 11.6 Å². The van der Waals surface area contributed by atoms with Crippen LogP contribution in [0.15, 0.2) is 54.6 Å². The Bertz CT molecular complexity index is 996. The zero-order valence-electron chi connectivity index (χ0n) is 15.2. The van der Waals surface area contributed by atoms with Crippen molar-refractivity contribution in [1.82, 2.24) is 4.98 Å². The van der Waals surface area contributed by atoms with Crippen molar-refractivity contribution < 1.29 is 9.90 Å². The van der Waals surface area contributed by atoms with Crippen LogP contribution in [0.2, 0.25) is 5.02 Å². The molecule has 0 aliphatic carbocycles. The van der Waals surface area contributed by atoms with E-state index in [0.717, 1.165) is 35.4 Å². The molecule has 4 rings (SSSR count). The molecule has 3 N–H and O–H groups in total. The molecule has 1 saturated heterocycles. The van der Waals surface area contributed by atoms with E-state index in [-0.39, 0.29) is 18.6 Å². The number of amides is 1. The van der Waals surface area contributed by atoms with Gasteiger partial charge in [-0.2, -0.15) is 0 Å². The van der Waals surface area contributed by atoms with Gasteiger partial charge in [-0.15, -0.1) is 0 Å². The molecule has 1 amide bonds. The number of hydrogen-bond acceptors (Lipinski definition) is 5. The lowest BCUT2D eigenvalue weighted by molar-refractivity contribution is -0.114. The van der Waals surface area contributed by atoms with E-state index in [9.17, 15) is 9.90 Å². The first-order valence-electron chi connectivity index (χ1n) is 9.21. The molecule has 1 fully saturated rings. The number of anilines is 3. The number of nitrogens with zero attached hydrogens (tertiary/aromatic N) is 2. The standard InChI is InChI=1S/C21H21ClN4O2/c22-17-7-8-18-16(6-9-19(24-18)26-11-10-15(27)13-26)21(17)25-20(28)12-23-14-4-2-1-3-5-14/h1-9,15,23,27H,10-13H2,(H,25,28)/t15-/m1/s1. The number of β-amino-alcohol motifs (C(OH)–C–C–N with tert-alkyl or cyclic N) is 1. The second kappa shape index (κ2) is 8.04. The van der Waals surface area contributed by atoms with Crippen LogP contribution < -0.4 is 15.5 Å². The smallest absolute Gasteiger partial charge is 0.243 e. The van der Waals surface area contributed by atoms with Crippen molar-refractivity contribution in [2.75, 3.05) is 35.2 Å². The van der Waals surface area contributed by atoms with E-state index in [1.165, 1.54) is 0 Å². The van der Waals surface area contributed by atoms with Crippen LogP contribution in [0.5, 0.6) is 0 Å². The number of hydrogen-bond donors (Lipinski definition) is 3. The topological polar surface area (TPSA) is 77.5 Å². The molecule has 1 aromatic heterocycles. The van der Waals surface area contributed by atoms with Gasteiger partial charge in [-0.05, 0) is 42.8 Å². The minimum absolute atomic E-state index is 0.133. The first-order valence-corrected chi connectivity index (χ1v) is 9.59. The lowest BCUT2D eigenvalue weighted by Gasteiger charge is -2.18. The molecular formula is C21H21ClN4O2. The van der Waals surface area contributed by atoms with Crippen molar-refractivity contribution in [1.29, 1.82) is 0 Å². The molecule has 0 bridgehead atoms. The Balaban J connectivity index is 1.52. The summed E-state index contributed by atoms with van der Waals surface area (Å²) in [5, 5.41) is 17.0. The van der Waals surface area contributed by atoms with E-state index in [1.54, 1.807) is 6.07 Å². The van der Waals surface area contributed by atoms with Crippen LogP contribution in [0, 0.1) is 0 Å². The normalized spacial score (nSPS) is 16.4. The van der Waals surface area contributed by atoms with Gasteiger partial charge in [-0.25, -0.2) is 4.98 Å². The molecular weight excluding hydrogens is 376 g/mol. The second-order valence-corrected chi connectivity index (χ2v) is 7.22. The zero-order valence-corrected chi connectivity index (χ0v) is 16.0. The van der Waals surface area contributed by atoms with Gasteiger partial charge in [0.25, 0.3) is 0 Å². The molecule has 0 unspecified atom stereocenters. The summed E-state index contributed by atoms with van der Waals surface area (Å²) in [6.45, 7) is 1.50. The summed E-state index contributed by atoms with van der Waals surface area (Å²) in [7, 11) is 0. The number of fused-ring (bicyclic) bond motifs is 1. The minimum Gasteiger partial charge on any atom is -0.391 e. The molecule has 3 aromatic rings. The summed E-state index contributed by atoms with van der Waals surface area (Å²) >= 11 is 6.34. The molecule has 0 spiro atoms. The molecule has 6 nitrogen and oxygen atoms in total. The largest absolute Gasteiger partial charge is 0.391 e. The average Bonchev–Trinajstić information content (AvgIpc) is 3.15. The monoisotopic (exact) mass is 396 g/mol. The molecule has 2 aromatic carbocycles. The summed E-state index contributed by atoms with van der Waals surface area (Å²) in [6, 6.07) is 16.9. The summed E-state index contributed by atoms with van der Waals surface area (Å²) in [4.78, 5) is 19.1. The highest BCUT2D eigenvalue weighted by molar-refractivity contribution is 6.35. The Labute approximate surface area is 168 Å². The fourth-order valence-electron chi connectivity index (χ4n) is 3.34. The van der Waals surface area contributed by atoms with Crippen molar-refractivity contribution >= 4 is 45.6 Å². The van der Waals surface area contributed by atoms with E-state index in [2.05, 4.69) is 20.5 Å². The van der Waals surface area contributed by atoms with Gasteiger partial charge in [0.05, 0.1) is 28.9 Å². The number of aromatic nitrogens is 1. The van der Waals surface area contributed by atoms with Gasteiger partial charge >= 0.3 is 0 Å². The van der Waals surface area contributed by atoms with Crippen LogP contribution >= 0.6 is 11.6 Å². The minimum atomic E-state index is -0.310. The third kappa shape index (κ3) is 4.03.